The van der Waals surface area contributed by atoms with Crippen LogP contribution in [0.5, 0.6) is 0 Å². The van der Waals surface area contributed by atoms with Crippen molar-refractivity contribution in [2.45, 2.75) is 52.4 Å². The first-order valence-corrected chi connectivity index (χ1v) is 6.25. The van der Waals surface area contributed by atoms with Crippen LogP contribution in [0.25, 0.3) is 0 Å². The third kappa shape index (κ3) is 3.50. The average molecular weight is 209 g/mol. The number of hydrogen-bond donors (Lipinski definition) is 0. The lowest BCUT2D eigenvalue weighted by Crippen LogP contribution is -2.17. The number of hydrogen-bond acceptors (Lipinski definition) is 2. The molecule has 2 unspecified atom stereocenters. The van der Waals surface area contributed by atoms with Gasteiger partial charge in [0.2, 0.25) is 0 Å². The minimum absolute atomic E-state index is 0.0611. The molecule has 1 aliphatic carbocycles. The Morgan fingerprint density at radius 1 is 1.40 bits per heavy atom. The molecule has 2 heteroatoms. The molecule has 2 atom stereocenters. The lowest BCUT2D eigenvalue weighted by molar-refractivity contribution is 0.109. The monoisotopic (exact) mass is 209 g/mol. The van der Waals surface area contributed by atoms with E-state index in [0.717, 1.165) is 44.8 Å². The Labute approximate surface area is 93.6 Å². The molecular weight excluding hydrogens is 186 g/mol. The van der Waals surface area contributed by atoms with Gasteiger partial charge in [0.05, 0.1) is 11.5 Å². The van der Waals surface area contributed by atoms with Gasteiger partial charge in [0.1, 0.15) is 0 Å². The Morgan fingerprint density at radius 2 is 2.20 bits per heavy atom. The summed E-state index contributed by atoms with van der Waals surface area (Å²) in [5, 5.41) is 9.28. The maximum absolute atomic E-state index is 9.28. The van der Waals surface area contributed by atoms with Gasteiger partial charge in [-0.25, -0.2) is 0 Å². The second kappa shape index (κ2) is 6.12. The van der Waals surface area contributed by atoms with Gasteiger partial charge in [-0.15, -0.1) is 0 Å². The molecule has 0 amide bonds. The number of rotatable bonds is 6. The van der Waals surface area contributed by atoms with Crippen molar-refractivity contribution in [2.75, 3.05) is 13.2 Å². The van der Waals surface area contributed by atoms with Crippen molar-refractivity contribution in [1.29, 1.82) is 5.26 Å². The molecule has 0 bridgehead atoms. The second-order valence-corrected chi connectivity index (χ2v) is 4.77. The minimum Gasteiger partial charge on any atom is -0.381 e. The van der Waals surface area contributed by atoms with Gasteiger partial charge in [-0.2, -0.15) is 5.26 Å². The second-order valence-electron chi connectivity index (χ2n) is 4.77. The zero-order valence-electron chi connectivity index (χ0n) is 10.1. The van der Waals surface area contributed by atoms with Crippen molar-refractivity contribution in [3.05, 3.63) is 0 Å². The first-order valence-electron chi connectivity index (χ1n) is 6.25. The van der Waals surface area contributed by atoms with Crippen molar-refractivity contribution in [2.24, 2.45) is 11.3 Å². The summed E-state index contributed by atoms with van der Waals surface area (Å²) >= 11 is 0. The maximum Gasteiger partial charge on any atom is 0.0690 e. The molecule has 15 heavy (non-hydrogen) atoms. The first-order chi connectivity index (χ1) is 7.26. The van der Waals surface area contributed by atoms with Crippen LogP contribution in [0.15, 0.2) is 0 Å². The topological polar surface area (TPSA) is 33.0 Å². The van der Waals surface area contributed by atoms with Crippen molar-refractivity contribution < 1.29 is 4.74 Å². The highest BCUT2D eigenvalue weighted by Gasteiger charge is 2.38. The van der Waals surface area contributed by atoms with E-state index in [2.05, 4.69) is 19.9 Å². The summed E-state index contributed by atoms with van der Waals surface area (Å²) in [6.45, 7) is 5.94. The lowest BCUT2D eigenvalue weighted by atomic mass is 9.83. The Bertz CT molecular complexity index is 221. The molecule has 2 nitrogen and oxygen atoms in total. The minimum atomic E-state index is -0.0611. The van der Waals surface area contributed by atoms with Crippen LogP contribution in [0.1, 0.15) is 52.4 Å². The molecule has 0 aromatic heterocycles. The molecule has 0 aliphatic heterocycles. The molecule has 0 saturated heterocycles. The Balaban J connectivity index is 2.32. The number of ether oxygens (including phenoxy) is 1. The zero-order valence-corrected chi connectivity index (χ0v) is 10.1. The van der Waals surface area contributed by atoms with Crippen LogP contribution in [0.3, 0.4) is 0 Å². The van der Waals surface area contributed by atoms with Crippen molar-refractivity contribution >= 4 is 0 Å². The summed E-state index contributed by atoms with van der Waals surface area (Å²) in [6, 6.07) is 2.54. The Morgan fingerprint density at radius 3 is 2.73 bits per heavy atom. The largest absolute Gasteiger partial charge is 0.381 e. The molecule has 1 saturated carbocycles. The molecule has 0 aromatic rings. The molecule has 1 fully saturated rings. The van der Waals surface area contributed by atoms with Crippen LogP contribution in [-0.2, 0) is 4.74 Å². The van der Waals surface area contributed by atoms with Gasteiger partial charge in [-0.3, -0.25) is 0 Å². The van der Waals surface area contributed by atoms with E-state index in [4.69, 9.17) is 4.74 Å². The van der Waals surface area contributed by atoms with Gasteiger partial charge in [-0.05, 0) is 38.0 Å². The van der Waals surface area contributed by atoms with E-state index in [-0.39, 0.29) is 5.41 Å². The van der Waals surface area contributed by atoms with Crippen molar-refractivity contribution in [3.63, 3.8) is 0 Å². The van der Waals surface area contributed by atoms with E-state index in [0.29, 0.717) is 0 Å². The van der Waals surface area contributed by atoms with Crippen molar-refractivity contribution in [3.8, 4) is 6.07 Å². The van der Waals surface area contributed by atoms with Crippen molar-refractivity contribution in [1.82, 2.24) is 0 Å². The van der Waals surface area contributed by atoms with E-state index >= 15 is 0 Å². The highest BCUT2D eigenvalue weighted by Crippen LogP contribution is 2.45. The molecule has 1 aliphatic rings. The zero-order chi connectivity index (χ0) is 11.1. The van der Waals surface area contributed by atoms with Gasteiger partial charge in [0.15, 0.2) is 0 Å². The fourth-order valence-corrected chi connectivity index (χ4v) is 2.48. The molecule has 0 radical (unpaired) electrons. The van der Waals surface area contributed by atoms with Crippen LogP contribution in [0.4, 0.5) is 0 Å². The lowest BCUT2D eigenvalue weighted by Gasteiger charge is -2.20. The molecule has 1 rings (SSSR count). The van der Waals surface area contributed by atoms with Crippen LogP contribution in [0, 0.1) is 22.7 Å². The summed E-state index contributed by atoms with van der Waals surface area (Å²) in [4.78, 5) is 0. The quantitative estimate of drug-likeness (QED) is 0.627. The van der Waals surface area contributed by atoms with Gasteiger partial charge in [0, 0.05) is 13.2 Å². The van der Waals surface area contributed by atoms with E-state index in [1.165, 1.54) is 12.8 Å². The molecule has 0 N–H and O–H groups in total. The summed E-state index contributed by atoms with van der Waals surface area (Å²) in [5.41, 5.74) is -0.0611. The van der Waals surface area contributed by atoms with Gasteiger partial charge < -0.3 is 4.74 Å². The fraction of sp³-hybridized carbons (Fsp3) is 0.923. The van der Waals surface area contributed by atoms with Gasteiger partial charge in [-0.1, -0.05) is 20.3 Å². The maximum atomic E-state index is 9.28. The summed E-state index contributed by atoms with van der Waals surface area (Å²) in [5.74, 6) is 0.774. The first kappa shape index (κ1) is 12.5. The standard InChI is InChI=1S/C13H23NO/c1-3-8-15-9-7-13(11-14)6-5-12(4-2)10-13/h12H,3-10H2,1-2H3. The van der Waals surface area contributed by atoms with Crippen LogP contribution in [0.2, 0.25) is 0 Å². The highest BCUT2D eigenvalue weighted by atomic mass is 16.5. The SMILES string of the molecule is CCCOCCC1(C#N)CCC(CC)C1. The fourth-order valence-electron chi connectivity index (χ4n) is 2.48. The van der Waals surface area contributed by atoms with Crippen LogP contribution >= 0.6 is 0 Å². The van der Waals surface area contributed by atoms with E-state index in [1.807, 2.05) is 0 Å². The molecular formula is C13H23NO. The molecule has 0 spiro atoms. The number of nitrogens with zero attached hydrogens (tertiary/aromatic N) is 1. The Hall–Kier alpha value is -0.550. The van der Waals surface area contributed by atoms with E-state index < -0.39 is 0 Å². The van der Waals surface area contributed by atoms with Gasteiger partial charge in [0.25, 0.3) is 0 Å². The van der Waals surface area contributed by atoms with Crippen LogP contribution < -0.4 is 0 Å². The smallest absolute Gasteiger partial charge is 0.0690 e. The molecule has 86 valence electrons. The predicted molar refractivity (Wildman–Crippen MR) is 61.4 cm³/mol. The van der Waals surface area contributed by atoms with E-state index in [1.54, 1.807) is 0 Å². The van der Waals surface area contributed by atoms with E-state index in [9.17, 15) is 5.26 Å². The third-order valence-electron chi connectivity index (χ3n) is 3.60. The summed E-state index contributed by atoms with van der Waals surface area (Å²) < 4.78 is 5.49. The molecule has 0 heterocycles. The molecule has 0 aromatic carbocycles. The average Bonchev–Trinajstić information content (AvgIpc) is 2.69. The normalized spacial score (nSPS) is 30.3. The summed E-state index contributed by atoms with van der Waals surface area (Å²) in [7, 11) is 0. The van der Waals surface area contributed by atoms with Crippen LogP contribution in [-0.4, -0.2) is 13.2 Å². The predicted octanol–water partition coefficient (Wildman–Crippen LogP) is 3.52. The number of nitriles is 1. The Kier molecular flexibility index (Phi) is 5.11. The third-order valence-corrected chi connectivity index (χ3v) is 3.60. The highest BCUT2D eigenvalue weighted by molar-refractivity contribution is 5.03. The van der Waals surface area contributed by atoms with Gasteiger partial charge >= 0.3 is 0 Å². The summed E-state index contributed by atoms with van der Waals surface area (Å²) in [6.07, 6.45) is 6.63.